The number of nitrogen functional groups attached to an aromatic ring is 2. The molecule has 2 aromatic rings. The molecule has 5 N–H and O–H groups in total. The molecule has 0 bridgehead atoms. The van der Waals surface area contributed by atoms with Crippen LogP contribution in [0.25, 0.3) is 0 Å². The van der Waals surface area contributed by atoms with Gasteiger partial charge in [-0.05, 0) is 19.3 Å². The molecule has 9 heteroatoms. The summed E-state index contributed by atoms with van der Waals surface area (Å²) < 4.78 is 0. The first kappa shape index (κ1) is 17.6. The van der Waals surface area contributed by atoms with Crippen molar-refractivity contribution in [1.29, 1.82) is 0 Å². The van der Waals surface area contributed by atoms with E-state index in [2.05, 4.69) is 24.8 Å². The lowest BCUT2D eigenvalue weighted by Crippen LogP contribution is -2.54. The predicted octanol–water partition coefficient (Wildman–Crippen LogP) is 0.816. The van der Waals surface area contributed by atoms with Crippen molar-refractivity contribution in [3.63, 3.8) is 0 Å². The maximum absolute atomic E-state index is 12.5. The van der Waals surface area contributed by atoms with Gasteiger partial charge in [0.2, 0.25) is 11.9 Å². The highest BCUT2D eigenvalue weighted by Gasteiger charge is 2.42. The summed E-state index contributed by atoms with van der Waals surface area (Å²) >= 11 is 0. The second-order valence-corrected chi connectivity index (χ2v) is 7.68. The van der Waals surface area contributed by atoms with Crippen molar-refractivity contribution >= 4 is 23.5 Å². The number of nitrogens with zero attached hydrogens (tertiary/aromatic N) is 5. The molecule has 2 aromatic heterocycles. The summed E-state index contributed by atoms with van der Waals surface area (Å²) in [6.07, 6.45) is 7.98. The number of likely N-dealkylation sites (tertiary alicyclic amines) is 1. The standard InChI is InChI=1S/C18H26N8O/c19-14-8-15(24-17(20)23-14)25-6-1-4-18(10-25)5-2-16(27)26(11-18)7-3-13-9-21-12-22-13/h8-9,12H,1-7,10-11H2,(H,21,22)(H4,19,20,23,24)/t18-/m0/s1. The van der Waals surface area contributed by atoms with E-state index in [0.29, 0.717) is 12.2 Å². The van der Waals surface area contributed by atoms with Gasteiger partial charge in [0.25, 0.3) is 0 Å². The number of carbonyl (C=O) groups is 1. The van der Waals surface area contributed by atoms with Crippen molar-refractivity contribution in [2.75, 3.05) is 42.5 Å². The SMILES string of the molecule is Nc1cc(N2CCC[C@]3(CCC(=O)N(CCc4cnc[nH]4)C3)C2)nc(N)n1. The Morgan fingerprint density at radius 1 is 1.22 bits per heavy atom. The van der Waals surface area contributed by atoms with Gasteiger partial charge >= 0.3 is 0 Å². The number of H-pyrrole nitrogens is 1. The van der Waals surface area contributed by atoms with E-state index < -0.39 is 0 Å². The second kappa shape index (κ2) is 7.05. The number of nitrogens with two attached hydrogens (primary N) is 2. The van der Waals surface area contributed by atoms with Gasteiger partial charge in [-0.1, -0.05) is 0 Å². The first-order valence-electron chi connectivity index (χ1n) is 9.43. The zero-order valence-corrected chi connectivity index (χ0v) is 15.4. The number of aromatic amines is 1. The van der Waals surface area contributed by atoms with Crippen LogP contribution in [-0.4, -0.2) is 56.9 Å². The van der Waals surface area contributed by atoms with Gasteiger partial charge < -0.3 is 26.3 Å². The first-order valence-corrected chi connectivity index (χ1v) is 9.43. The lowest BCUT2D eigenvalue weighted by Gasteiger charge is -2.48. The van der Waals surface area contributed by atoms with Crippen LogP contribution in [0.5, 0.6) is 0 Å². The summed E-state index contributed by atoms with van der Waals surface area (Å²) in [5.41, 5.74) is 12.8. The molecule has 0 aliphatic carbocycles. The highest BCUT2D eigenvalue weighted by molar-refractivity contribution is 5.77. The molecule has 2 saturated heterocycles. The molecule has 4 heterocycles. The third-order valence-electron chi connectivity index (χ3n) is 5.69. The van der Waals surface area contributed by atoms with E-state index in [4.69, 9.17) is 11.5 Å². The van der Waals surface area contributed by atoms with E-state index in [1.807, 2.05) is 11.1 Å². The number of piperidine rings is 2. The van der Waals surface area contributed by atoms with Crippen LogP contribution in [0.4, 0.5) is 17.6 Å². The summed E-state index contributed by atoms with van der Waals surface area (Å²) in [7, 11) is 0. The molecule has 1 spiro atoms. The number of hydrogen-bond acceptors (Lipinski definition) is 7. The number of nitrogens with one attached hydrogen (secondary N) is 1. The molecule has 0 saturated carbocycles. The molecule has 0 aromatic carbocycles. The topological polar surface area (TPSA) is 130 Å². The predicted molar refractivity (Wildman–Crippen MR) is 103 cm³/mol. The highest BCUT2D eigenvalue weighted by atomic mass is 16.2. The van der Waals surface area contributed by atoms with Crippen LogP contribution >= 0.6 is 0 Å². The molecule has 2 aliphatic heterocycles. The zero-order valence-electron chi connectivity index (χ0n) is 15.4. The van der Waals surface area contributed by atoms with Crippen LogP contribution in [0.15, 0.2) is 18.6 Å². The molecular weight excluding hydrogens is 344 g/mol. The van der Waals surface area contributed by atoms with Crippen LogP contribution in [-0.2, 0) is 11.2 Å². The Balaban J connectivity index is 1.47. The van der Waals surface area contributed by atoms with E-state index in [1.54, 1.807) is 12.4 Å². The summed E-state index contributed by atoms with van der Waals surface area (Å²) in [6, 6.07) is 1.78. The van der Waals surface area contributed by atoms with Gasteiger partial charge in [-0.2, -0.15) is 9.97 Å². The molecule has 144 valence electrons. The van der Waals surface area contributed by atoms with Crippen molar-refractivity contribution in [1.82, 2.24) is 24.8 Å². The molecule has 2 fully saturated rings. The molecular formula is C18H26N8O. The fourth-order valence-electron chi connectivity index (χ4n) is 4.35. The monoisotopic (exact) mass is 370 g/mol. The minimum absolute atomic E-state index is 0.0919. The lowest BCUT2D eigenvalue weighted by atomic mass is 9.73. The smallest absolute Gasteiger partial charge is 0.223 e. The number of aromatic nitrogens is 4. The molecule has 1 atom stereocenters. The third kappa shape index (κ3) is 3.81. The number of imidazole rings is 1. The number of hydrogen-bond donors (Lipinski definition) is 3. The quantitative estimate of drug-likeness (QED) is 0.726. The maximum Gasteiger partial charge on any atom is 0.223 e. The van der Waals surface area contributed by atoms with Crippen LogP contribution in [0.2, 0.25) is 0 Å². The Kier molecular flexibility index (Phi) is 4.59. The number of anilines is 3. The Morgan fingerprint density at radius 2 is 2.11 bits per heavy atom. The summed E-state index contributed by atoms with van der Waals surface area (Å²) in [5, 5.41) is 0. The highest BCUT2D eigenvalue weighted by Crippen LogP contribution is 2.40. The van der Waals surface area contributed by atoms with Gasteiger partial charge in [0.15, 0.2) is 0 Å². The molecule has 9 nitrogen and oxygen atoms in total. The molecule has 2 aliphatic rings. The number of rotatable bonds is 4. The average molecular weight is 370 g/mol. The average Bonchev–Trinajstić information content (AvgIpc) is 3.16. The largest absolute Gasteiger partial charge is 0.383 e. The second-order valence-electron chi connectivity index (χ2n) is 7.68. The molecule has 1 amide bonds. The van der Waals surface area contributed by atoms with Gasteiger partial charge in [-0.25, -0.2) is 4.98 Å². The minimum Gasteiger partial charge on any atom is -0.383 e. The van der Waals surface area contributed by atoms with Gasteiger partial charge in [0, 0.05) is 62.4 Å². The van der Waals surface area contributed by atoms with Gasteiger partial charge in [-0.3, -0.25) is 4.79 Å². The van der Waals surface area contributed by atoms with Crippen LogP contribution in [0.1, 0.15) is 31.4 Å². The molecule has 4 rings (SSSR count). The normalized spacial score (nSPS) is 23.2. The van der Waals surface area contributed by atoms with Crippen molar-refractivity contribution in [3.05, 3.63) is 24.3 Å². The first-order chi connectivity index (χ1) is 13.0. The fourth-order valence-corrected chi connectivity index (χ4v) is 4.35. The van der Waals surface area contributed by atoms with E-state index in [1.165, 1.54) is 0 Å². The number of carbonyl (C=O) groups excluding carboxylic acids is 1. The van der Waals surface area contributed by atoms with E-state index in [9.17, 15) is 4.79 Å². The van der Waals surface area contributed by atoms with E-state index in [-0.39, 0.29) is 17.3 Å². The molecule has 0 unspecified atom stereocenters. The third-order valence-corrected chi connectivity index (χ3v) is 5.69. The lowest BCUT2D eigenvalue weighted by molar-refractivity contribution is -0.137. The minimum atomic E-state index is 0.0919. The zero-order chi connectivity index (χ0) is 18.9. The van der Waals surface area contributed by atoms with Crippen molar-refractivity contribution in [3.8, 4) is 0 Å². The molecule has 0 radical (unpaired) electrons. The van der Waals surface area contributed by atoms with Gasteiger partial charge in [0.1, 0.15) is 11.6 Å². The van der Waals surface area contributed by atoms with Crippen molar-refractivity contribution in [2.24, 2.45) is 5.41 Å². The van der Waals surface area contributed by atoms with Crippen LogP contribution < -0.4 is 16.4 Å². The Labute approximate surface area is 158 Å². The van der Waals surface area contributed by atoms with E-state index in [0.717, 1.165) is 63.4 Å². The Bertz CT molecular complexity index is 787. The Hall–Kier alpha value is -2.84. The summed E-state index contributed by atoms with van der Waals surface area (Å²) in [6.45, 7) is 3.28. The summed E-state index contributed by atoms with van der Waals surface area (Å²) in [4.78, 5) is 32.2. The number of amides is 1. The van der Waals surface area contributed by atoms with Gasteiger partial charge in [0.05, 0.1) is 6.33 Å². The van der Waals surface area contributed by atoms with Crippen LogP contribution in [0, 0.1) is 5.41 Å². The van der Waals surface area contributed by atoms with Crippen LogP contribution in [0.3, 0.4) is 0 Å². The van der Waals surface area contributed by atoms with Crippen molar-refractivity contribution < 1.29 is 4.79 Å². The van der Waals surface area contributed by atoms with E-state index >= 15 is 0 Å². The van der Waals surface area contributed by atoms with Crippen molar-refractivity contribution in [2.45, 2.75) is 32.1 Å². The Morgan fingerprint density at radius 3 is 2.89 bits per heavy atom. The fraction of sp³-hybridized carbons (Fsp3) is 0.556. The summed E-state index contributed by atoms with van der Waals surface area (Å²) in [5.74, 6) is 1.61. The van der Waals surface area contributed by atoms with Gasteiger partial charge in [-0.15, -0.1) is 0 Å². The maximum atomic E-state index is 12.5. The molecule has 27 heavy (non-hydrogen) atoms.